The molecule has 96 valence electrons. The number of fused-ring (bicyclic) bond motifs is 1. The minimum absolute atomic E-state index is 0.193. The first-order valence-corrected chi connectivity index (χ1v) is 8.40. The van der Waals surface area contributed by atoms with Crippen LogP contribution in [-0.2, 0) is 9.84 Å². The molecule has 0 N–H and O–H groups in total. The lowest BCUT2D eigenvalue weighted by molar-refractivity contribution is 0.604. The lowest BCUT2D eigenvalue weighted by Crippen LogP contribution is -1.93. The molecule has 0 radical (unpaired) electrons. The van der Waals surface area contributed by atoms with Crippen molar-refractivity contribution < 1.29 is 8.42 Å². The average Bonchev–Trinajstić information content (AvgIpc) is 2.85. The maximum atomic E-state index is 11.3. The van der Waals surface area contributed by atoms with Crippen molar-refractivity contribution in [3.05, 3.63) is 40.6 Å². The zero-order valence-electron chi connectivity index (χ0n) is 9.45. The van der Waals surface area contributed by atoms with E-state index in [1.165, 1.54) is 23.5 Å². The predicted molar refractivity (Wildman–Crippen MR) is 76.5 cm³/mol. The maximum absolute atomic E-state index is 11.3. The van der Waals surface area contributed by atoms with E-state index in [2.05, 4.69) is 32.3 Å². The van der Waals surface area contributed by atoms with Crippen LogP contribution in [0.25, 0.3) is 16.2 Å². The number of hydrogen-bond acceptors (Lipinski definition) is 5. The standard InChI is InChI=1S/C11H7BrN3O2S2/c1-19(16,17)8-4-2-7(3-5-8)9-6-15-11(13-9)18-10(12)14-15/h2-6H,1H2/q+1. The summed E-state index contributed by atoms with van der Waals surface area (Å²) in [5, 5.41) is 4.20. The summed E-state index contributed by atoms with van der Waals surface area (Å²) >= 11 is 4.72. The first-order valence-electron chi connectivity index (χ1n) is 5.14. The third-order valence-corrected chi connectivity index (χ3v) is 4.87. The van der Waals surface area contributed by atoms with E-state index in [-0.39, 0.29) is 4.90 Å². The van der Waals surface area contributed by atoms with Crippen molar-refractivity contribution in [2.45, 2.75) is 4.90 Å². The van der Waals surface area contributed by atoms with E-state index in [0.717, 1.165) is 20.1 Å². The number of hydrogen-bond donors (Lipinski definition) is 0. The van der Waals surface area contributed by atoms with Crippen LogP contribution in [0.5, 0.6) is 0 Å². The Morgan fingerprint density at radius 3 is 2.53 bits per heavy atom. The fraction of sp³-hybridized carbons (Fsp3) is 0. The molecule has 0 saturated heterocycles. The molecule has 8 heteroatoms. The van der Waals surface area contributed by atoms with Crippen molar-refractivity contribution in [1.29, 1.82) is 0 Å². The van der Waals surface area contributed by atoms with Crippen molar-refractivity contribution >= 4 is 42.1 Å². The lowest BCUT2D eigenvalue weighted by atomic mass is 10.2. The molecule has 1 aromatic carbocycles. The van der Waals surface area contributed by atoms with E-state index < -0.39 is 9.84 Å². The largest absolute Gasteiger partial charge is 0.319 e. The fourth-order valence-corrected chi connectivity index (χ4v) is 3.41. The molecule has 0 aliphatic rings. The summed E-state index contributed by atoms with van der Waals surface area (Å²) in [5.41, 5.74) is 1.58. The molecule has 5 nitrogen and oxygen atoms in total. The Kier molecular flexibility index (Phi) is 2.88. The van der Waals surface area contributed by atoms with Gasteiger partial charge in [0.05, 0.1) is 11.9 Å². The topological polar surface area (TPSA) is 64.3 Å². The first kappa shape index (κ1) is 12.6. The van der Waals surface area contributed by atoms with Crippen LogP contribution in [0.4, 0.5) is 0 Å². The lowest BCUT2D eigenvalue weighted by Gasteiger charge is -1.97. The number of imidazole rings is 1. The number of aromatic nitrogens is 3. The summed E-state index contributed by atoms with van der Waals surface area (Å²) in [4.78, 5) is 5.39. The third kappa shape index (κ3) is 2.38. The monoisotopic (exact) mass is 356 g/mol. The molecule has 0 saturated carbocycles. The van der Waals surface area contributed by atoms with Crippen molar-refractivity contribution in [3.8, 4) is 11.3 Å². The van der Waals surface area contributed by atoms with Crippen molar-refractivity contribution in [3.63, 3.8) is 0 Å². The summed E-state index contributed by atoms with van der Waals surface area (Å²) in [6, 6.07) is 6.46. The number of benzene rings is 1. The van der Waals surface area contributed by atoms with Gasteiger partial charge in [-0.05, 0) is 28.1 Å². The average molecular weight is 357 g/mol. The number of halogens is 1. The predicted octanol–water partition coefficient (Wildman–Crippen LogP) is 2.79. The molecule has 0 bridgehead atoms. The zero-order chi connectivity index (χ0) is 13.6. The second-order valence-corrected chi connectivity index (χ2v) is 7.78. The fourth-order valence-electron chi connectivity index (χ4n) is 1.65. The van der Waals surface area contributed by atoms with E-state index >= 15 is 0 Å². The highest BCUT2D eigenvalue weighted by atomic mass is 79.9. The van der Waals surface area contributed by atoms with Gasteiger partial charge in [-0.25, -0.2) is 9.50 Å². The summed E-state index contributed by atoms with van der Waals surface area (Å²) in [6.45, 7) is 0. The molecule has 0 atom stereocenters. The zero-order valence-corrected chi connectivity index (χ0v) is 12.7. The molecule has 0 aliphatic carbocycles. The van der Waals surface area contributed by atoms with Crippen LogP contribution in [-0.4, -0.2) is 23.0 Å². The smallest absolute Gasteiger partial charge is 0.217 e. The normalized spacial score (nSPS) is 12.1. The molecule has 0 fully saturated rings. The molecule has 0 spiro atoms. The summed E-state index contributed by atoms with van der Waals surface area (Å²) in [7, 11) is -3.41. The number of rotatable bonds is 2. The van der Waals surface area contributed by atoms with Gasteiger partial charge in [0.1, 0.15) is 4.90 Å². The van der Waals surface area contributed by atoms with Gasteiger partial charge in [0, 0.05) is 5.56 Å². The van der Waals surface area contributed by atoms with Gasteiger partial charge in [0.25, 0.3) is 0 Å². The van der Waals surface area contributed by atoms with Crippen molar-refractivity contribution in [2.75, 3.05) is 0 Å². The van der Waals surface area contributed by atoms with Gasteiger partial charge in [0.2, 0.25) is 4.96 Å². The third-order valence-electron chi connectivity index (χ3n) is 2.53. The van der Waals surface area contributed by atoms with Crippen LogP contribution in [0.15, 0.2) is 39.3 Å². The van der Waals surface area contributed by atoms with Crippen LogP contribution in [0.2, 0.25) is 0 Å². The number of sulfone groups is 1. The minimum Gasteiger partial charge on any atom is -0.217 e. The van der Waals surface area contributed by atoms with Gasteiger partial charge in [0.15, 0.2) is 10.2 Å². The Bertz CT molecular complexity index is 818. The highest BCUT2D eigenvalue weighted by Crippen LogP contribution is 2.25. The van der Waals surface area contributed by atoms with Gasteiger partial charge in [-0.15, -0.1) is 5.10 Å². The van der Waals surface area contributed by atoms with Gasteiger partial charge in [-0.1, -0.05) is 23.5 Å². The highest BCUT2D eigenvalue weighted by Gasteiger charge is 2.14. The molecular weight excluding hydrogens is 350 g/mol. The van der Waals surface area contributed by atoms with E-state index in [0.29, 0.717) is 0 Å². The summed E-state index contributed by atoms with van der Waals surface area (Å²) in [6.07, 6.45) is 4.91. The van der Waals surface area contributed by atoms with Gasteiger partial charge < -0.3 is 0 Å². The SMILES string of the molecule is [CH2+]S(=O)(=O)c1ccc(-c2cn3nc(Br)sc3n2)cc1. The van der Waals surface area contributed by atoms with E-state index in [9.17, 15) is 8.42 Å². The van der Waals surface area contributed by atoms with Crippen LogP contribution in [0.1, 0.15) is 0 Å². The van der Waals surface area contributed by atoms with E-state index in [4.69, 9.17) is 0 Å². The summed E-state index contributed by atoms with van der Waals surface area (Å²) < 4.78 is 25.0. The minimum atomic E-state index is -3.41. The molecule has 3 rings (SSSR count). The van der Waals surface area contributed by atoms with Crippen LogP contribution >= 0.6 is 27.3 Å². The van der Waals surface area contributed by atoms with Crippen LogP contribution < -0.4 is 0 Å². The van der Waals surface area contributed by atoms with E-state index in [1.807, 2.05) is 0 Å². The maximum Gasteiger partial charge on any atom is 0.319 e. The summed E-state index contributed by atoms with van der Waals surface area (Å²) in [5.74, 6) is 0. The van der Waals surface area contributed by atoms with Crippen molar-refractivity contribution in [1.82, 2.24) is 14.6 Å². The van der Waals surface area contributed by atoms with Gasteiger partial charge >= 0.3 is 9.84 Å². The quantitative estimate of drug-likeness (QED) is 0.662. The molecular formula is C11H7BrN3O2S2+. The Balaban J connectivity index is 2.04. The molecule has 0 amide bonds. The molecule has 0 aliphatic heterocycles. The van der Waals surface area contributed by atoms with Gasteiger partial charge in [-0.3, -0.25) is 0 Å². The highest BCUT2D eigenvalue weighted by molar-refractivity contribution is 9.11. The molecule has 2 aromatic heterocycles. The Morgan fingerprint density at radius 2 is 1.95 bits per heavy atom. The molecule has 0 unspecified atom stereocenters. The second-order valence-electron chi connectivity index (χ2n) is 3.85. The Hall–Kier alpha value is -1.38. The van der Waals surface area contributed by atoms with Crippen LogP contribution in [0, 0.1) is 6.26 Å². The number of nitrogens with zero attached hydrogens (tertiary/aromatic N) is 3. The second kappa shape index (κ2) is 4.32. The van der Waals surface area contributed by atoms with Crippen molar-refractivity contribution in [2.24, 2.45) is 0 Å². The van der Waals surface area contributed by atoms with Crippen LogP contribution in [0.3, 0.4) is 0 Å². The molecule has 19 heavy (non-hydrogen) atoms. The van der Waals surface area contributed by atoms with Gasteiger partial charge in [-0.2, -0.15) is 8.42 Å². The molecule has 3 aromatic rings. The van der Waals surface area contributed by atoms with E-state index in [1.54, 1.807) is 22.8 Å². The molecule has 2 heterocycles. The Morgan fingerprint density at radius 1 is 1.26 bits per heavy atom. The first-order chi connectivity index (χ1) is 8.93. The Labute approximate surface area is 122 Å².